The molecule has 0 N–H and O–H groups in total. The monoisotopic (exact) mass is 352 g/mol. The Morgan fingerprint density at radius 3 is 2.41 bits per heavy atom. The van der Waals surface area contributed by atoms with Crippen molar-refractivity contribution in [3.05, 3.63) is 71.0 Å². The van der Waals surface area contributed by atoms with Gasteiger partial charge in [0.05, 0.1) is 14.9 Å². The van der Waals surface area contributed by atoms with Crippen LogP contribution >= 0.6 is 23.2 Å². The Morgan fingerprint density at radius 1 is 0.955 bits per heavy atom. The maximum absolute atomic E-state index is 12.7. The molecular formula is C15H10Cl2N2O2S. The Bertz CT molecular complexity index is 922. The van der Waals surface area contributed by atoms with E-state index in [9.17, 15) is 8.42 Å². The third-order valence-corrected chi connectivity index (χ3v) is 5.60. The molecular weight excluding hydrogens is 343 g/mol. The lowest BCUT2D eigenvalue weighted by molar-refractivity contribution is 0.588. The zero-order valence-electron chi connectivity index (χ0n) is 11.1. The van der Waals surface area contributed by atoms with Crippen molar-refractivity contribution in [3.8, 4) is 11.4 Å². The van der Waals surface area contributed by atoms with Crippen LogP contribution in [0.15, 0.2) is 65.8 Å². The molecule has 0 saturated carbocycles. The van der Waals surface area contributed by atoms with Crippen molar-refractivity contribution in [2.75, 3.05) is 0 Å². The minimum Gasteiger partial charge on any atom is -0.236 e. The van der Waals surface area contributed by atoms with Crippen LogP contribution in [0.25, 0.3) is 11.4 Å². The summed E-state index contributed by atoms with van der Waals surface area (Å²) in [6, 6.07) is 13.1. The number of imidazole rings is 1. The van der Waals surface area contributed by atoms with Gasteiger partial charge < -0.3 is 0 Å². The van der Waals surface area contributed by atoms with Crippen LogP contribution in [0.2, 0.25) is 10.0 Å². The van der Waals surface area contributed by atoms with Crippen molar-refractivity contribution in [1.29, 1.82) is 0 Å². The minimum atomic E-state index is -3.75. The van der Waals surface area contributed by atoms with Gasteiger partial charge in [0.1, 0.15) is 0 Å². The molecule has 0 fully saturated rings. The van der Waals surface area contributed by atoms with Gasteiger partial charge in [-0.25, -0.2) is 17.4 Å². The summed E-state index contributed by atoms with van der Waals surface area (Å²) in [5.74, 6) is 0.219. The maximum Gasteiger partial charge on any atom is 0.269 e. The average molecular weight is 353 g/mol. The lowest BCUT2D eigenvalue weighted by Gasteiger charge is -2.10. The van der Waals surface area contributed by atoms with Gasteiger partial charge >= 0.3 is 0 Å². The van der Waals surface area contributed by atoms with E-state index in [2.05, 4.69) is 4.98 Å². The quantitative estimate of drug-likeness (QED) is 0.713. The first kappa shape index (κ1) is 15.1. The van der Waals surface area contributed by atoms with E-state index in [4.69, 9.17) is 23.2 Å². The fraction of sp³-hybridized carbons (Fsp3) is 0. The lowest BCUT2D eigenvalue weighted by Crippen LogP contribution is -2.13. The van der Waals surface area contributed by atoms with Crippen LogP contribution in [0.5, 0.6) is 0 Å². The number of halogens is 2. The average Bonchev–Trinajstić information content (AvgIpc) is 3.01. The highest BCUT2D eigenvalue weighted by Gasteiger charge is 2.22. The second kappa shape index (κ2) is 5.76. The highest BCUT2D eigenvalue weighted by atomic mass is 35.5. The van der Waals surface area contributed by atoms with Crippen molar-refractivity contribution in [1.82, 2.24) is 8.96 Å². The predicted octanol–water partition coefficient (Wildman–Crippen LogP) is 4.09. The Hall–Kier alpha value is -1.82. The normalized spacial score (nSPS) is 11.5. The summed E-state index contributed by atoms with van der Waals surface area (Å²) in [4.78, 5) is 4.29. The van der Waals surface area contributed by atoms with Gasteiger partial charge in [-0.1, -0.05) is 47.5 Å². The number of benzene rings is 2. The fourth-order valence-corrected chi connectivity index (χ4v) is 3.76. The molecule has 3 rings (SSSR count). The number of hydrogen-bond acceptors (Lipinski definition) is 3. The van der Waals surface area contributed by atoms with Gasteiger partial charge in [-0.15, -0.1) is 0 Å². The molecule has 0 radical (unpaired) electrons. The molecule has 0 unspecified atom stereocenters. The standard InChI is InChI=1S/C15H10Cl2N2O2S/c16-13-8-4-7-12(14(13)17)15-18-9-10-19(15)22(20,21)11-5-2-1-3-6-11/h1-10H. The van der Waals surface area contributed by atoms with E-state index < -0.39 is 10.0 Å². The Balaban J connectivity index is 2.20. The van der Waals surface area contributed by atoms with Crippen LogP contribution in [0, 0.1) is 0 Å². The van der Waals surface area contributed by atoms with Gasteiger partial charge in [0.2, 0.25) is 0 Å². The number of hydrogen-bond donors (Lipinski definition) is 0. The fourth-order valence-electron chi connectivity index (χ4n) is 2.06. The largest absolute Gasteiger partial charge is 0.269 e. The highest BCUT2D eigenvalue weighted by molar-refractivity contribution is 7.90. The first-order valence-electron chi connectivity index (χ1n) is 6.30. The lowest BCUT2D eigenvalue weighted by atomic mass is 10.2. The van der Waals surface area contributed by atoms with E-state index in [0.717, 1.165) is 3.97 Å². The van der Waals surface area contributed by atoms with Gasteiger partial charge in [-0.2, -0.15) is 0 Å². The molecule has 0 aliphatic heterocycles. The molecule has 22 heavy (non-hydrogen) atoms. The van der Waals surface area contributed by atoms with Crippen molar-refractivity contribution < 1.29 is 8.42 Å². The molecule has 1 heterocycles. The van der Waals surface area contributed by atoms with Crippen LogP contribution in [0.1, 0.15) is 0 Å². The van der Waals surface area contributed by atoms with Crippen LogP contribution in [-0.2, 0) is 10.0 Å². The van der Waals surface area contributed by atoms with E-state index in [1.807, 2.05) is 0 Å². The number of rotatable bonds is 3. The molecule has 0 aliphatic rings. The van der Waals surface area contributed by atoms with E-state index in [0.29, 0.717) is 10.6 Å². The second-order valence-electron chi connectivity index (χ2n) is 4.47. The van der Waals surface area contributed by atoms with E-state index in [1.165, 1.54) is 24.5 Å². The van der Waals surface area contributed by atoms with Crippen molar-refractivity contribution in [3.63, 3.8) is 0 Å². The van der Waals surface area contributed by atoms with Gasteiger partial charge in [-0.05, 0) is 24.3 Å². The molecule has 4 nitrogen and oxygen atoms in total. The Morgan fingerprint density at radius 2 is 1.68 bits per heavy atom. The summed E-state index contributed by atoms with van der Waals surface area (Å²) < 4.78 is 26.6. The summed E-state index contributed by atoms with van der Waals surface area (Å²) >= 11 is 12.2. The van der Waals surface area contributed by atoms with Crippen molar-refractivity contribution >= 4 is 33.2 Å². The number of nitrogens with zero attached hydrogens (tertiary/aromatic N) is 2. The Labute approximate surface area is 138 Å². The topological polar surface area (TPSA) is 52.0 Å². The van der Waals surface area contributed by atoms with E-state index >= 15 is 0 Å². The van der Waals surface area contributed by atoms with E-state index in [-0.39, 0.29) is 15.7 Å². The molecule has 0 bridgehead atoms. The molecule has 3 aromatic rings. The summed E-state index contributed by atoms with van der Waals surface area (Å²) in [6.07, 6.45) is 2.79. The molecule has 0 amide bonds. The van der Waals surface area contributed by atoms with Crippen LogP contribution in [-0.4, -0.2) is 17.4 Å². The van der Waals surface area contributed by atoms with E-state index in [1.54, 1.807) is 36.4 Å². The van der Waals surface area contributed by atoms with Gasteiger partial charge in [0.15, 0.2) is 5.82 Å². The predicted molar refractivity (Wildman–Crippen MR) is 86.7 cm³/mol. The molecule has 0 aliphatic carbocycles. The molecule has 2 aromatic carbocycles. The minimum absolute atomic E-state index is 0.174. The van der Waals surface area contributed by atoms with Gasteiger partial charge in [0.25, 0.3) is 10.0 Å². The summed E-state index contributed by atoms with van der Waals surface area (Å²) in [6.45, 7) is 0. The van der Waals surface area contributed by atoms with Crippen LogP contribution in [0.4, 0.5) is 0 Å². The summed E-state index contributed by atoms with van der Waals surface area (Å²) in [7, 11) is -3.75. The van der Waals surface area contributed by atoms with Crippen LogP contribution < -0.4 is 0 Å². The SMILES string of the molecule is O=S(=O)(c1ccccc1)n1ccnc1-c1cccc(Cl)c1Cl. The maximum atomic E-state index is 12.7. The molecule has 7 heteroatoms. The van der Waals surface area contributed by atoms with Gasteiger partial charge in [-0.3, -0.25) is 0 Å². The van der Waals surface area contributed by atoms with Crippen molar-refractivity contribution in [2.45, 2.75) is 4.90 Å². The third-order valence-electron chi connectivity index (χ3n) is 3.10. The summed E-state index contributed by atoms with van der Waals surface area (Å²) in [5, 5.41) is 0.603. The Kier molecular flexibility index (Phi) is 3.95. The molecule has 0 saturated heterocycles. The zero-order chi connectivity index (χ0) is 15.7. The third kappa shape index (κ3) is 2.52. The number of aromatic nitrogens is 2. The molecule has 0 atom stereocenters. The van der Waals surface area contributed by atoms with Crippen molar-refractivity contribution in [2.24, 2.45) is 0 Å². The van der Waals surface area contributed by atoms with Crippen LogP contribution in [0.3, 0.4) is 0 Å². The highest BCUT2D eigenvalue weighted by Crippen LogP contribution is 2.33. The van der Waals surface area contributed by atoms with Gasteiger partial charge in [0, 0.05) is 18.0 Å². The summed E-state index contributed by atoms with van der Waals surface area (Å²) in [5.41, 5.74) is 0.457. The molecule has 0 spiro atoms. The molecule has 112 valence electrons. The smallest absolute Gasteiger partial charge is 0.236 e. The molecule has 1 aromatic heterocycles. The zero-order valence-corrected chi connectivity index (χ0v) is 13.5. The first-order chi connectivity index (χ1) is 10.5. The first-order valence-corrected chi connectivity index (χ1v) is 8.50. The second-order valence-corrected chi connectivity index (χ2v) is 7.07.